The van der Waals surface area contributed by atoms with Crippen LogP contribution in [0.4, 0.5) is 0 Å². The zero-order valence-corrected chi connectivity index (χ0v) is 8.82. The van der Waals surface area contributed by atoms with Crippen molar-refractivity contribution in [3.8, 4) is 0 Å². The monoisotopic (exact) mass is 193 g/mol. The van der Waals surface area contributed by atoms with Gasteiger partial charge in [-0.3, -0.25) is 0 Å². The third-order valence-corrected chi connectivity index (χ3v) is 2.33. The molecular weight excluding hydrogens is 178 g/mol. The fourth-order valence-electron chi connectivity index (χ4n) is 1.86. The molecule has 1 aliphatic rings. The zero-order valence-electron chi connectivity index (χ0n) is 8.82. The lowest BCUT2D eigenvalue weighted by Crippen LogP contribution is -2.29. The molecule has 0 amide bonds. The van der Waals surface area contributed by atoms with Crippen LogP contribution in [-0.4, -0.2) is 35.2 Å². The minimum Gasteiger partial charge on any atom is -0.334 e. The summed E-state index contributed by atoms with van der Waals surface area (Å²) in [4.78, 5) is 6.49. The molecule has 76 valence electrons. The molecule has 0 aromatic carbocycles. The molecule has 0 bridgehead atoms. The number of hydrogen-bond acceptors (Lipinski definition) is 4. The lowest BCUT2D eigenvalue weighted by atomic mass is 10.0. The first-order valence-electron chi connectivity index (χ1n) is 4.85. The van der Waals surface area contributed by atoms with Crippen LogP contribution in [0.25, 0.3) is 5.57 Å². The van der Waals surface area contributed by atoms with Gasteiger partial charge in [-0.2, -0.15) is 4.98 Å². The van der Waals surface area contributed by atoms with Crippen LogP contribution in [0.5, 0.6) is 0 Å². The summed E-state index contributed by atoms with van der Waals surface area (Å²) in [5, 5.41) is 3.80. The van der Waals surface area contributed by atoms with E-state index < -0.39 is 0 Å². The SMILES string of the molecule is Cc1noc(C2=CC(C)CN(C)C2)n1. The number of aryl methyl sites for hydroxylation is 1. The Hall–Kier alpha value is -1.16. The van der Waals surface area contributed by atoms with Gasteiger partial charge in [-0.1, -0.05) is 18.2 Å². The Morgan fingerprint density at radius 2 is 2.36 bits per heavy atom. The lowest BCUT2D eigenvalue weighted by Gasteiger charge is -2.25. The Morgan fingerprint density at radius 1 is 1.57 bits per heavy atom. The summed E-state index contributed by atoms with van der Waals surface area (Å²) in [5.41, 5.74) is 1.15. The summed E-state index contributed by atoms with van der Waals surface area (Å²) in [6.07, 6.45) is 2.22. The van der Waals surface area contributed by atoms with E-state index in [1.807, 2.05) is 6.92 Å². The first kappa shape index (κ1) is 9.40. The highest BCUT2D eigenvalue weighted by atomic mass is 16.5. The van der Waals surface area contributed by atoms with Crippen molar-refractivity contribution in [3.63, 3.8) is 0 Å². The summed E-state index contributed by atoms with van der Waals surface area (Å²) >= 11 is 0. The van der Waals surface area contributed by atoms with Crippen molar-refractivity contribution < 1.29 is 4.52 Å². The van der Waals surface area contributed by atoms with Gasteiger partial charge in [0.25, 0.3) is 5.89 Å². The van der Waals surface area contributed by atoms with E-state index >= 15 is 0 Å². The van der Waals surface area contributed by atoms with Gasteiger partial charge in [0.15, 0.2) is 5.82 Å². The van der Waals surface area contributed by atoms with Gasteiger partial charge in [0, 0.05) is 18.7 Å². The summed E-state index contributed by atoms with van der Waals surface area (Å²) in [5.74, 6) is 1.92. The highest BCUT2D eigenvalue weighted by molar-refractivity contribution is 5.61. The average Bonchev–Trinajstić information content (AvgIpc) is 2.50. The van der Waals surface area contributed by atoms with E-state index in [1.54, 1.807) is 0 Å². The van der Waals surface area contributed by atoms with Crippen molar-refractivity contribution in [3.05, 3.63) is 17.8 Å². The molecule has 2 rings (SSSR count). The normalized spacial score (nSPS) is 23.6. The van der Waals surface area contributed by atoms with Crippen molar-refractivity contribution in [2.24, 2.45) is 5.92 Å². The van der Waals surface area contributed by atoms with Gasteiger partial charge in [-0.05, 0) is 19.9 Å². The van der Waals surface area contributed by atoms with Gasteiger partial charge in [0.2, 0.25) is 0 Å². The molecule has 0 fully saturated rings. The fourth-order valence-corrected chi connectivity index (χ4v) is 1.86. The molecule has 14 heavy (non-hydrogen) atoms. The maximum absolute atomic E-state index is 5.14. The number of rotatable bonds is 1. The van der Waals surface area contributed by atoms with E-state index in [-0.39, 0.29) is 0 Å². The van der Waals surface area contributed by atoms with Crippen LogP contribution >= 0.6 is 0 Å². The molecule has 2 heterocycles. The van der Waals surface area contributed by atoms with Crippen LogP contribution in [0.1, 0.15) is 18.6 Å². The number of hydrogen-bond donors (Lipinski definition) is 0. The van der Waals surface area contributed by atoms with Crippen LogP contribution in [0.2, 0.25) is 0 Å². The van der Waals surface area contributed by atoms with E-state index in [1.165, 1.54) is 0 Å². The largest absolute Gasteiger partial charge is 0.334 e. The fraction of sp³-hybridized carbons (Fsp3) is 0.600. The first-order chi connectivity index (χ1) is 6.65. The van der Waals surface area contributed by atoms with E-state index in [2.05, 4.69) is 35.1 Å². The van der Waals surface area contributed by atoms with Crippen molar-refractivity contribution in [2.75, 3.05) is 20.1 Å². The molecule has 1 aromatic rings. The topological polar surface area (TPSA) is 42.2 Å². The molecule has 0 saturated heterocycles. The molecule has 0 N–H and O–H groups in total. The van der Waals surface area contributed by atoms with Gasteiger partial charge in [-0.15, -0.1) is 0 Å². The molecule has 0 aliphatic carbocycles. The Bertz CT molecular complexity index is 356. The number of nitrogens with zero attached hydrogens (tertiary/aromatic N) is 3. The summed E-state index contributed by atoms with van der Waals surface area (Å²) in [6.45, 7) is 6.02. The molecular formula is C10H15N3O. The highest BCUT2D eigenvalue weighted by Crippen LogP contribution is 2.21. The molecule has 4 nitrogen and oxygen atoms in total. The van der Waals surface area contributed by atoms with E-state index in [9.17, 15) is 0 Å². The van der Waals surface area contributed by atoms with Crippen LogP contribution in [0.15, 0.2) is 10.6 Å². The molecule has 0 spiro atoms. The van der Waals surface area contributed by atoms with Crippen molar-refractivity contribution in [1.29, 1.82) is 0 Å². The summed E-state index contributed by atoms with van der Waals surface area (Å²) < 4.78 is 5.14. The molecule has 4 heteroatoms. The van der Waals surface area contributed by atoms with Crippen molar-refractivity contribution >= 4 is 5.57 Å². The van der Waals surface area contributed by atoms with Crippen LogP contribution in [0, 0.1) is 12.8 Å². The van der Waals surface area contributed by atoms with Gasteiger partial charge < -0.3 is 9.42 Å². The summed E-state index contributed by atoms with van der Waals surface area (Å²) in [7, 11) is 2.10. The second-order valence-electron chi connectivity index (χ2n) is 4.01. The predicted molar refractivity (Wildman–Crippen MR) is 53.7 cm³/mol. The molecule has 0 saturated carbocycles. The maximum atomic E-state index is 5.14. The quantitative estimate of drug-likeness (QED) is 0.675. The number of aromatic nitrogens is 2. The van der Waals surface area contributed by atoms with E-state index in [0.717, 1.165) is 18.7 Å². The van der Waals surface area contributed by atoms with Crippen LogP contribution < -0.4 is 0 Å². The minimum absolute atomic E-state index is 0.552. The smallest absolute Gasteiger partial charge is 0.254 e. The molecule has 1 unspecified atom stereocenters. The third kappa shape index (κ3) is 1.85. The molecule has 1 aliphatic heterocycles. The zero-order chi connectivity index (χ0) is 10.1. The van der Waals surface area contributed by atoms with Gasteiger partial charge >= 0.3 is 0 Å². The predicted octanol–water partition coefficient (Wildman–Crippen LogP) is 1.34. The minimum atomic E-state index is 0.552. The van der Waals surface area contributed by atoms with E-state index in [0.29, 0.717) is 17.6 Å². The van der Waals surface area contributed by atoms with Crippen LogP contribution in [0.3, 0.4) is 0 Å². The number of likely N-dealkylation sites (N-methyl/N-ethyl adjacent to an activating group) is 1. The summed E-state index contributed by atoms with van der Waals surface area (Å²) in [6, 6.07) is 0. The second kappa shape index (κ2) is 3.53. The Kier molecular flexibility index (Phi) is 2.37. The molecule has 0 radical (unpaired) electrons. The molecule has 1 atom stereocenters. The van der Waals surface area contributed by atoms with Crippen molar-refractivity contribution in [2.45, 2.75) is 13.8 Å². The second-order valence-corrected chi connectivity index (χ2v) is 4.01. The highest BCUT2D eigenvalue weighted by Gasteiger charge is 2.18. The van der Waals surface area contributed by atoms with Gasteiger partial charge in [0.1, 0.15) is 0 Å². The first-order valence-corrected chi connectivity index (χ1v) is 4.85. The standard InChI is InChI=1S/C10H15N3O/c1-7-4-9(6-13(3)5-7)10-11-8(2)12-14-10/h4,7H,5-6H2,1-3H3. The molecule has 1 aromatic heterocycles. The van der Waals surface area contributed by atoms with Crippen LogP contribution in [-0.2, 0) is 0 Å². The maximum Gasteiger partial charge on any atom is 0.254 e. The lowest BCUT2D eigenvalue weighted by molar-refractivity contribution is 0.321. The Labute approximate surface area is 83.6 Å². The third-order valence-electron chi connectivity index (χ3n) is 2.33. The Balaban J connectivity index is 2.25. The average molecular weight is 193 g/mol. The van der Waals surface area contributed by atoms with Crippen molar-refractivity contribution in [1.82, 2.24) is 15.0 Å². The Morgan fingerprint density at radius 3 is 2.93 bits per heavy atom. The van der Waals surface area contributed by atoms with Gasteiger partial charge in [0.05, 0.1) is 0 Å². The van der Waals surface area contributed by atoms with Gasteiger partial charge in [-0.25, -0.2) is 0 Å². The van der Waals surface area contributed by atoms with E-state index in [4.69, 9.17) is 4.52 Å².